The van der Waals surface area contributed by atoms with Gasteiger partial charge in [0.05, 0.1) is 18.0 Å². The van der Waals surface area contributed by atoms with Crippen LogP contribution in [0.25, 0.3) is 22.0 Å². The molecule has 3 rings (SSSR count). The fraction of sp³-hybridized carbons (Fsp3) is 0.118. The molecule has 0 unspecified atom stereocenters. The van der Waals surface area contributed by atoms with Crippen molar-refractivity contribution in [3.8, 4) is 17.0 Å². The molecular weight excluding hydrogens is 297 g/mol. The molecule has 0 atom stereocenters. The van der Waals surface area contributed by atoms with Crippen LogP contribution in [0.1, 0.15) is 6.92 Å². The molecule has 0 fully saturated rings. The highest BCUT2D eigenvalue weighted by Crippen LogP contribution is 2.29. The SMILES string of the molecule is COc1nc(NC(C)=O)nc2ccc(-c3ccc(F)cc3)cc12. The fourth-order valence-corrected chi connectivity index (χ4v) is 2.29. The number of carbonyl (C=O) groups excluding carboxylic acids is 1. The minimum atomic E-state index is -0.282. The second-order valence-corrected chi connectivity index (χ2v) is 4.98. The van der Waals surface area contributed by atoms with E-state index in [2.05, 4.69) is 15.3 Å². The summed E-state index contributed by atoms with van der Waals surface area (Å²) >= 11 is 0. The number of fused-ring (bicyclic) bond motifs is 1. The van der Waals surface area contributed by atoms with Gasteiger partial charge in [-0.2, -0.15) is 4.98 Å². The second-order valence-electron chi connectivity index (χ2n) is 4.98. The number of rotatable bonds is 3. The normalized spacial score (nSPS) is 10.6. The van der Waals surface area contributed by atoms with Gasteiger partial charge in [-0.1, -0.05) is 18.2 Å². The minimum absolute atomic E-state index is 0.191. The minimum Gasteiger partial charge on any atom is -0.480 e. The Labute approximate surface area is 132 Å². The number of benzene rings is 2. The van der Waals surface area contributed by atoms with Crippen molar-refractivity contribution in [2.24, 2.45) is 0 Å². The summed E-state index contributed by atoms with van der Waals surface area (Å²) in [5.74, 6) is 0.0174. The molecule has 2 aromatic carbocycles. The first kappa shape index (κ1) is 14.9. The van der Waals surface area contributed by atoms with Gasteiger partial charge in [0, 0.05) is 6.92 Å². The van der Waals surface area contributed by atoms with Gasteiger partial charge in [0.2, 0.25) is 17.7 Å². The van der Waals surface area contributed by atoms with Gasteiger partial charge in [-0.15, -0.1) is 0 Å². The van der Waals surface area contributed by atoms with E-state index in [1.54, 1.807) is 12.1 Å². The number of carbonyl (C=O) groups is 1. The summed E-state index contributed by atoms with van der Waals surface area (Å²) in [7, 11) is 1.50. The van der Waals surface area contributed by atoms with E-state index in [0.29, 0.717) is 16.8 Å². The highest BCUT2D eigenvalue weighted by molar-refractivity contribution is 5.92. The zero-order valence-corrected chi connectivity index (χ0v) is 12.6. The zero-order chi connectivity index (χ0) is 16.4. The lowest BCUT2D eigenvalue weighted by molar-refractivity contribution is -0.114. The standard InChI is InChI=1S/C17H14FN3O2/c1-10(22)19-17-20-15-8-5-12(9-14(15)16(21-17)23-2)11-3-6-13(18)7-4-11/h3-9H,1-2H3,(H,19,20,21,22). The van der Waals surface area contributed by atoms with Crippen LogP contribution >= 0.6 is 0 Å². The Balaban J connectivity index is 2.11. The number of nitrogens with zero attached hydrogens (tertiary/aromatic N) is 2. The molecule has 1 amide bonds. The van der Waals surface area contributed by atoms with Crippen LogP contribution in [0.2, 0.25) is 0 Å². The lowest BCUT2D eigenvalue weighted by atomic mass is 10.0. The van der Waals surface area contributed by atoms with E-state index in [-0.39, 0.29) is 17.7 Å². The number of aromatic nitrogens is 2. The van der Waals surface area contributed by atoms with Crippen LogP contribution in [-0.2, 0) is 4.79 Å². The Kier molecular flexibility index (Phi) is 3.89. The van der Waals surface area contributed by atoms with E-state index >= 15 is 0 Å². The molecule has 0 spiro atoms. The van der Waals surface area contributed by atoms with Gasteiger partial charge in [0.1, 0.15) is 5.82 Å². The Morgan fingerprint density at radius 3 is 2.43 bits per heavy atom. The molecule has 5 nitrogen and oxygen atoms in total. The van der Waals surface area contributed by atoms with Crippen LogP contribution in [-0.4, -0.2) is 23.0 Å². The first-order valence-electron chi connectivity index (χ1n) is 6.96. The first-order chi connectivity index (χ1) is 11.1. The van der Waals surface area contributed by atoms with Crippen molar-refractivity contribution in [3.05, 3.63) is 48.3 Å². The van der Waals surface area contributed by atoms with Gasteiger partial charge in [0.15, 0.2) is 0 Å². The smallest absolute Gasteiger partial charge is 0.233 e. The second kappa shape index (κ2) is 6.00. The molecule has 116 valence electrons. The third kappa shape index (κ3) is 3.11. The number of halogens is 1. The van der Waals surface area contributed by atoms with Crippen molar-refractivity contribution < 1.29 is 13.9 Å². The highest BCUT2D eigenvalue weighted by atomic mass is 19.1. The van der Waals surface area contributed by atoms with Crippen LogP contribution in [0.15, 0.2) is 42.5 Å². The summed E-state index contributed by atoms with van der Waals surface area (Å²) in [5.41, 5.74) is 2.42. The average molecular weight is 311 g/mol. The van der Waals surface area contributed by atoms with Gasteiger partial charge in [-0.25, -0.2) is 9.37 Å². The average Bonchev–Trinajstić information content (AvgIpc) is 2.54. The van der Waals surface area contributed by atoms with Gasteiger partial charge in [-0.3, -0.25) is 10.1 Å². The predicted octanol–water partition coefficient (Wildman–Crippen LogP) is 3.40. The molecule has 0 aliphatic carbocycles. The van der Waals surface area contributed by atoms with Crippen LogP contribution in [0.3, 0.4) is 0 Å². The van der Waals surface area contributed by atoms with Crippen LogP contribution in [0, 0.1) is 5.82 Å². The molecule has 0 bridgehead atoms. The van der Waals surface area contributed by atoms with Crippen molar-refractivity contribution in [1.82, 2.24) is 9.97 Å². The third-order valence-corrected chi connectivity index (χ3v) is 3.32. The molecule has 1 heterocycles. The van der Waals surface area contributed by atoms with E-state index in [9.17, 15) is 9.18 Å². The van der Waals surface area contributed by atoms with E-state index in [4.69, 9.17) is 4.74 Å². The first-order valence-corrected chi connectivity index (χ1v) is 6.96. The van der Waals surface area contributed by atoms with E-state index in [1.807, 2.05) is 18.2 Å². The molecule has 0 saturated carbocycles. The van der Waals surface area contributed by atoms with Gasteiger partial charge >= 0.3 is 0 Å². The number of hydrogen-bond acceptors (Lipinski definition) is 4. The summed E-state index contributed by atoms with van der Waals surface area (Å²) in [6.07, 6.45) is 0. The lowest BCUT2D eigenvalue weighted by Crippen LogP contribution is -2.10. The van der Waals surface area contributed by atoms with Gasteiger partial charge < -0.3 is 4.74 Å². The van der Waals surface area contributed by atoms with E-state index < -0.39 is 0 Å². The summed E-state index contributed by atoms with van der Waals surface area (Å²) in [6.45, 7) is 1.39. The van der Waals surface area contributed by atoms with Gasteiger partial charge in [-0.05, 0) is 35.4 Å². The molecule has 23 heavy (non-hydrogen) atoms. The van der Waals surface area contributed by atoms with Crippen molar-refractivity contribution in [3.63, 3.8) is 0 Å². The number of nitrogens with one attached hydrogen (secondary N) is 1. The monoisotopic (exact) mass is 311 g/mol. The quantitative estimate of drug-likeness (QED) is 0.805. The molecule has 0 aliphatic rings. The maximum atomic E-state index is 13.0. The number of anilines is 1. The molecule has 0 radical (unpaired) electrons. The number of ether oxygens (including phenoxy) is 1. The van der Waals surface area contributed by atoms with Crippen molar-refractivity contribution >= 4 is 22.8 Å². The molecule has 1 N–H and O–H groups in total. The summed E-state index contributed by atoms with van der Waals surface area (Å²) in [4.78, 5) is 19.6. The topological polar surface area (TPSA) is 64.1 Å². The summed E-state index contributed by atoms with van der Waals surface area (Å²) in [6, 6.07) is 11.8. The van der Waals surface area contributed by atoms with E-state index in [1.165, 1.54) is 26.2 Å². The zero-order valence-electron chi connectivity index (χ0n) is 12.6. The maximum absolute atomic E-state index is 13.0. The van der Waals surface area contributed by atoms with Crippen LogP contribution < -0.4 is 10.1 Å². The highest BCUT2D eigenvalue weighted by Gasteiger charge is 2.10. The number of amides is 1. The number of hydrogen-bond donors (Lipinski definition) is 1. The Bertz CT molecular complexity index is 879. The van der Waals surface area contributed by atoms with Crippen molar-refractivity contribution in [2.75, 3.05) is 12.4 Å². The maximum Gasteiger partial charge on any atom is 0.233 e. The molecule has 0 saturated heterocycles. The van der Waals surface area contributed by atoms with Crippen LogP contribution in [0.5, 0.6) is 5.88 Å². The van der Waals surface area contributed by atoms with Crippen molar-refractivity contribution in [1.29, 1.82) is 0 Å². The largest absolute Gasteiger partial charge is 0.480 e. The molecule has 1 aromatic heterocycles. The Morgan fingerprint density at radius 2 is 1.78 bits per heavy atom. The van der Waals surface area contributed by atoms with Gasteiger partial charge in [0.25, 0.3) is 0 Å². The predicted molar refractivity (Wildman–Crippen MR) is 85.8 cm³/mol. The lowest BCUT2D eigenvalue weighted by Gasteiger charge is -2.09. The van der Waals surface area contributed by atoms with E-state index in [0.717, 1.165) is 11.1 Å². The molecule has 6 heteroatoms. The third-order valence-electron chi connectivity index (χ3n) is 3.32. The fourth-order valence-electron chi connectivity index (χ4n) is 2.29. The number of methoxy groups -OCH3 is 1. The van der Waals surface area contributed by atoms with Crippen LogP contribution in [0.4, 0.5) is 10.3 Å². The molecular formula is C17H14FN3O2. The summed E-state index contributed by atoms with van der Waals surface area (Å²) < 4.78 is 18.3. The summed E-state index contributed by atoms with van der Waals surface area (Å²) in [5, 5.41) is 3.25. The van der Waals surface area contributed by atoms with Crippen molar-refractivity contribution in [2.45, 2.75) is 6.92 Å². The Morgan fingerprint density at radius 1 is 1.09 bits per heavy atom. The Hall–Kier alpha value is -3.02. The molecule has 3 aromatic rings. The molecule has 0 aliphatic heterocycles.